The maximum Gasteiger partial charge on any atom is 0.276 e. The summed E-state index contributed by atoms with van der Waals surface area (Å²) in [4.78, 5) is 16.6. The van der Waals surface area contributed by atoms with E-state index in [-0.39, 0.29) is 15.4 Å². The summed E-state index contributed by atoms with van der Waals surface area (Å²) in [6, 6.07) is 18.3. The number of rotatable bonds is 7. The number of para-hydroxylation sites is 1. The van der Waals surface area contributed by atoms with Crippen molar-refractivity contribution in [2.24, 2.45) is 0 Å². The number of anilines is 1. The minimum Gasteiger partial charge on any atom is -0.497 e. The fourth-order valence-corrected chi connectivity index (χ4v) is 5.78. The first-order valence-electron chi connectivity index (χ1n) is 11.0. The molecule has 0 aliphatic heterocycles. The summed E-state index contributed by atoms with van der Waals surface area (Å²) in [5, 5.41) is 9.39. The molecule has 8 nitrogen and oxygen atoms in total. The van der Waals surface area contributed by atoms with Gasteiger partial charge in [0.25, 0.3) is 5.91 Å². The third kappa shape index (κ3) is 4.79. The van der Waals surface area contributed by atoms with Gasteiger partial charge in [0.15, 0.2) is 0 Å². The van der Waals surface area contributed by atoms with Gasteiger partial charge in [0.1, 0.15) is 5.75 Å². The molecule has 0 unspecified atom stereocenters. The zero-order chi connectivity index (χ0) is 25.9. The van der Waals surface area contributed by atoms with Crippen molar-refractivity contribution in [2.45, 2.75) is 23.1 Å². The summed E-state index contributed by atoms with van der Waals surface area (Å²) in [5.74, 6) is -0.451. The second kappa shape index (κ2) is 10.2. The van der Waals surface area contributed by atoms with Gasteiger partial charge in [-0.3, -0.25) is 15.0 Å². The van der Waals surface area contributed by atoms with Gasteiger partial charge in [0.05, 0.1) is 22.5 Å². The van der Waals surface area contributed by atoms with Gasteiger partial charge in [-0.15, -0.1) is 0 Å². The number of nitrogens with two attached hydrogens (primary N) is 1. The molecule has 0 saturated carbocycles. The Morgan fingerprint density at radius 2 is 1.83 bits per heavy atom. The monoisotopic (exact) mass is 503 g/mol. The van der Waals surface area contributed by atoms with E-state index < -0.39 is 15.7 Å². The van der Waals surface area contributed by atoms with Crippen LogP contribution in [-0.4, -0.2) is 31.6 Å². The van der Waals surface area contributed by atoms with E-state index in [1.807, 2.05) is 24.3 Å². The van der Waals surface area contributed by atoms with Gasteiger partial charge in [-0.1, -0.05) is 30.3 Å². The number of hydrogen-bond acceptors (Lipinski definition) is 7. The van der Waals surface area contributed by atoms with Crippen molar-refractivity contribution in [3.63, 3.8) is 0 Å². The van der Waals surface area contributed by atoms with Crippen LogP contribution < -0.4 is 16.0 Å². The topological polar surface area (TPSA) is 132 Å². The highest BCUT2D eigenvalue weighted by molar-refractivity contribution is 7.91. The molecule has 4 rings (SSSR count). The maximum absolute atomic E-state index is 13.5. The smallest absolute Gasteiger partial charge is 0.276 e. The Labute approximate surface area is 209 Å². The molecule has 0 saturated heterocycles. The van der Waals surface area contributed by atoms with Crippen molar-refractivity contribution in [2.75, 3.05) is 12.8 Å². The highest BCUT2D eigenvalue weighted by Crippen LogP contribution is 2.36. The van der Waals surface area contributed by atoms with E-state index in [0.29, 0.717) is 34.5 Å². The Morgan fingerprint density at radius 3 is 2.47 bits per heavy atom. The number of aryl methyl sites for hydroxylation is 1. The van der Waals surface area contributed by atoms with Crippen LogP contribution in [0, 0.1) is 6.92 Å². The van der Waals surface area contributed by atoms with Crippen molar-refractivity contribution < 1.29 is 23.2 Å². The quantitative estimate of drug-likeness (QED) is 0.196. The zero-order valence-electron chi connectivity index (χ0n) is 19.7. The molecule has 0 bridgehead atoms. The molecule has 1 amide bonds. The van der Waals surface area contributed by atoms with Crippen LogP contribution >= 0.6 is 0 Å². The van der Waals surface area contributed by atoms with Crippen LogP contribution in [0.4, 0.5) is 5.69 Å². The van der Waals surface area contributed by atoms with Crippen molar-refractivity contribution >= 4 is 21.4 Å². The number of aromatic nitrogens is 1. The molecular weight excluding hydrogens is 478 g/mol. The van der Waals surface area contributed by atoms with E-state index >= 15 is 0 Å². The first-order chi connectivity index (χ1) is 17.3. The van der Waals surface area contributed by atoms with Crippen LogP contribution in [0.15, 0.2) is 88.9 Å². The zero-order valence-corrected chi connectivity index (χ0v) is 20.5. The standard InChI is InChI=1S/C27H25N3O5S/c1-17-13-20(23-7-3-6-19(25(23)28)14-18-5-4-12-29-16-18)15-24(27(31)30-32)26(17)36(33,34)22-10-8-21(35-2)9-11-22/h3-13,15-16,32H,14,28H2,1-2H3,(H,30,31). The van der Waals surface area contributed by atoms with Crippen LogP contribution in [0.1, 0.15) is 27.0 Å². The number of nitrogen functional groups attached to an aromatic ring is 1. The van der Waals surface area contributed by atoms with Crippen molar-refractivity contribution in [1.29, 1.82) is 0 Å². The molecule has 1 heterocycles. The number of pyridine rings is 1. The van der Waals surface area contributed by atoms with E-state index in [0.717, 1.165) is 11.1 Å². The fourth-order valence-electron chi connectivity index (χ4n) is 4.13. The number of carbonyl (C=O) groups is 1. The number of nitrogens with zero attached hydrogens (tertiary/aromatic N) is 1. The summed E-state index contributed by atoms with van der Waals surface area (Å²) in [6.45, 7) is 1.60. The number of amides is 1. The van der Waals surface area contributed by atoms with Crippen LogP contribution in [-0.2, 0) is 16.3 Å². The van der Waals surface area contributed by atoms with Crippen LogP contribution in [0.2, 0.25) is 0 Å². The summed E-state index contributed by atoms with van der Waals surface area (Å²) < 4.78 is 32.2. The number of methoxy groups -OCH3 is 1. The van der Waals surface area contributed by atoms with Gasteiger partial charge >= 0.3 is 0 Å². The SMILES string of the molecule is COc1ccc(S(=O)(=O)c2c(C)cc(-c3cccc(Cc4cccnc4)c3N)cc2C(=O)NO)cc1. The molecular formula is C27H25N3O5S. The predicted molar refractivity (Wildman–Crippen MR) is 136 cm³/mol. The lowest BCUT2D eigenvalue weighted by atomic mass is 9.94. The summed E-state index contributed by atoms with van der Waals surface area (Å²) in [5.41, 5.74) is 11.8. The van der Waals surface area contributed by atoms with E-state index in [1.54, 1.807) is 36.9 Å². The average molecular weight is 504 g/mol. The molecule has 0 spiro atoms. The van der Waals surface area contributed by atoms with Gasteiger partial charge in [-0.25, -0.2) is 13.9 Å². The first kappa shape index (κ1) is 24.9. The number of ether oxygens (including phenoxy) is 1. The summed E-state index contributed by atoms with van der Waals surface area (Å²) in [6.07, 6.45) is 4.01. The van der Waals surface area contributed by atoms with E-state index in [1.165, 1.54) is 37.4 Å². The summed E-state index contributed by atoms with van der Waals surface area (Å²) >= 11 is 0. The van der Waals surface area contributed by atoms with Crippen molar-refractivity contribution in [3.05, 3.63) is 101 Å². The van der Waals surface area contributed by atoms with Gasteiger partial charge in [-0.05, 0) is 65.6 Å². The van der Waals surface area contributed by atoms with Gasteiger partial charge in [-0.2, -0.15) is 0 Å². The third-order valence-electron chi connectivity index (χ3n) is 5.88. The molecule has 4 N–H and O–H groups in total. The number of nitrogens with one attached hydrogen (secondary N) is 1. The molecule has 0 atom stereocenters. The highest BCUT2D eigenvalue weighted by atomic mass is 32.2. The van der Waals surface area contributed by atoms with E-state index in [9.17, 15) is 18.4 Å². The number of hydroxylamine groups is 1. The number of sulfone groups is 1. The highest BCUT2D eigenvalue weighted by Gasteiger charge is 2.28. The average Bonchev–Trinajstić information content (AvgIpc) is 2.89. The minimum absolute atomic E-state index is 0.0101. The molecule has 1 aromatic heterocycles. The molecule has 0 fully saturated rings. The fraction of sp³-hybridized carbons (Fsp3) is 0.111. The lowest BCUT2D eigenvalue weighted by Gasteiger charge is -2.17. The molecule has 36 heavy (non-hydrogen) atoms. The Morgan fingerprint density at radius 1 is 1.08 bits per heavy atom. The molecule has 0 radical (unpaired) electrons. The second-order valence-corrected chi connectivity index (χ2v) is 10.1. The van der Waals surface area contributed by atoms with Gasteiger partial charge < -0.3 is 10.5 Å². The lowest BCUT2D eigenvalue weighted by molar-refractivity contribution is 0.0702. The number of hydrogen-bond donors (Lipinski definition) is 3. The van der Waals surface area contributed by atoms with Crippen LogP contribution in [0.25, 0.3) is 11.1 Å². The van der Waals surface area contributed by atoms with Gasteiger partial charge in [0.2, 0.25) is 9.84 Å². The Kier molecular flexibility index (Phi) is 7.05. The summed E-state index contributed by atoms with van der Waals surface area (Å²) in [7, 11) is -2.62. The third-order valence-corrected chi connectivity index (χ3v) is 7.86. The Balaban J connectivity index is 1.84. The molecule has 184 valence electrons. The molecule has 0 aliphatic rings. The number of carbonyl (C=O) groups excluding carboxylic acids is 1. The molecule has 3 aromatic carbocycles. The lowest BCUT2D eigenvalue weighted by Crippen LogP contribution is -2.22. The molecule has 4 aromatic rings. The first-order valence-corrected chi connectivity index (χ1v) is 12.5. The Bertz CT molecular complexity index is 1520. The minimum atomic E-state index is -4.10. The maximum atomic E-state index is 13.5. The normalized spacial score (nSPS) is 11.2. The van der Waals surface area contributed by atoms with Crippen LogP contribution in [0.5, 0.6) is 5.75 Å². The van der Waals surface area contributed by atoms with E-state index in [4.69, 9.17) is 10.5 Å². The molecule has 9 heteroatoms. The predicted octanol–water partition coefficient (Wildman–Crippen LogP) is 4.19. The second-order valence-electron chi connectivity index (χ2n) is 8.21. The Hall–Kier alpha value is -4.21. The van der Waals surface area contributed by atoms with Crippen molar-refractivity contribution in [3.8, 4) is 16.9 Å². The number of benzene rings is 3. The largest absolute Gasteiger partial charge is 0.497 e. The van der Waals surface area contributed by atoms with Crippen molar-refractivity contribution in [1.82, 2.24) is 10.5 Å². The molecule has 0 aliphatic carbocycles. The van der Waals surface area contributed by atoms with Gasteiger partial charge in [0, 0.05) is 30.1 Å². The van der Waals surface area contributed by atoms with E-state index in [2.05, 4.69) is 4.98 Å². The van der Waals surface area contributed by atoms with Crippen LogP contribution in [0.3, 0.4) is 0 Å².